The van der Waals surface area contributed by atoms with Crippen molar-refractivity contribution in [2.24, 2.45) is 0 Å². The van der Waals surface area contributed by atoms with E-state index in [0.717, 1.165) is 33.7 Å². The molecule has 0 spiro atoms. The molecule has 5 heteroatoms. The molecule has 12 aromatic carbocycles. The molecule has 0 amide bonds. The molecule has 3 nitrogen and oxygen atoms in total. The van der Waals surface area contributed by atoms with Crippen molar-refractivity contribution in [3.05, 3.63) is 334 Å². The molecule has 0 fully saturated rings. The molecule has 14 aromatic rings. The monoisotopic (exact) mass is 1070 g/mol. The number of benzene rings is 12. The summed E-state index contributed by atoms with van der Waals surface area (Å²) in [7, 11) is -6.59. The molecule has 14 rings (SSSR count). The van der Waals surface area contributed by atoms with Gasteiger partial charge in [-0.1, -0.05) is 315 Å². The average molecular weight is 1070 g/mol. The predicted octanol–water partition coefficient (Wildman–Crippen LogP) is 13.0. The molecular formula is C76H55N3Si2. The van der Waals surface area contributed by atoms with E-state index in [9.17, 15) is 0 Å². The topological polar surface area (TPSA) is 30.7 Å². The van der Waals surface area contributed by atoms with E-state index in [1.807, 2.05) is 0 Å². The summed E-state index contributed by atoms with van der Waals surface area (Å²) in [6, 6.07) is 124. The Bertz CT molecular complexity index is 4140. The van der Waals surface area contributed by atoms with Crippen molar-refractivity contribution in [2.45, 2.75) is 0 Å². The highest BCUT2D eigenvalue weighted by Gasteiger charge is 2.46. The Morgan fingerprint density at radius 2 is 0.531 bits per heavy atom. The average Bonchev–Trinajstić information content (AvgIpc) is 3.85. The predicted molar refractivity (Wildman–Crippen MR) is 345 cm³/mol. The van der Waals surface area contributed by atoms with Crippen LogP contribution in [0.2, 0.25) is 0 Å². The van der Waals surface area contributed by atoms with Crippen LogP contribution in [0.3, 0.4) is 0 Å². The van der Waals surface area contributed by atoms with Gasteiger partial charge in [0.25, 0.3) is 0 Å². The van der Waals surface area contributed by atoms with Crippen LogP contribution >= 0.6 is 0 Å². The van der Waals surface area contributed by atoms with E-state index in [0.29, 0.717) is 5.82 Å². The minimum atomic E-state index is -3.30. The molecule has 0 aliphatic rings. The van der Waals surface area contributed by atoms with Gasteiger partial charge in [0.15, 0.2) is 22.0 Å². The first kappa shape index (κ1) is 49.3. The molecule has 382 valence electrons. The molecule has 0 radical (unpaired) electrons. The van der Waals surface area contributed by atoms with E-state index >= 15 is 0 Å². The zero-order valence-corrected chi connectivity index (χ0v) is 46.6. The van der Waals surface area contributed by atoms with E-state index in [1.165, 1.54) is 74.5 Å². The molecule has 0 N–H and O–H groups in total. The molecule has 0 atom stereocenters. The van der Waals surface area contributed by atoms with Crippen LogP contribution in [0.4, 0.5) is 0 Å². The molecule has 2 aromatic heterocycles. The standard InChI is InChI=1S/C76H55N3Si2/c1-8-26-56(27-9-1)58-44-48-66(49-45-58)80(62-32-14-4-15-33-62,63-34-16-5-17-35-63)68-52-61(72-55-75(78-76(77-72)60-30-12-3-13-31-60)79-73-42-24-22-40-70(73)71-41-23-25-43-74(71)79)53-69(54-68)81(64-36-18-6-19-37-64,65-38-20-7-21-39-65)67-50-46-59(47-51-67)57-28-10-2-11-29-57/h1-55H. The Labute approximate surface area is 475 Å². The number of para-hydroxylation sites is 2. The van der Waals surface area contributed by atoms with E-state index in [1.54, 1.807) is 0 Å². The summed E-state index contributed by atoms with van der Waals surface area (Å²) in [5, 5.41) is 12.7. The lowest BCUT2D eigenvalue weighted by molar-refractivity contribution is 1.05. The number of fused-ring (bicyclic) bond motifs is 3. The molecule has 2 heterocycles. The van der Waals surface area contributed by atoms with Crippen molar-refractivity contribution < 1.29 is 0 Å². The third kappa shape index (κ3) is 8.77. The number of aromatic nitrogens is 3. The fourth-order valence-corrected chi connectivity index (χ4v) is 22.4. The third-order valence-electron chi connectivity index (χ3n) is 16.3. The van der Waals surface area contributed by atoms with Crippen molar-refractivity contribution in [3.8, 4) is 50.7 Å². The molecular weight excluding hydrogens is 1010 g/mol. The van der Waals surface area contributed by atoms with Gasteiger partial charge in [0.2, 0.25) is 0 Å². The van der Waals surface area contributed by atoms with Gasteiger partial charge >= 0.3 is 0 Å². The fourth-order valence-electron chi connectivity index (χ4n) is 12.6. The molecule has 0 saturated carbocycles. The van der Waals surface area contributed by atoms with E-state index < -0.39 is 16.1 Å². The first-order chi connectivity index (χ1) is 40.2. The zero-order valence-electron chi connectivity index (χ0n) is 44.6. The Morgan fingerprint density at radius 3 is 0.914 bits per heavy atom. The maximum absolute atomic E-state index is 5.72. The van der Waals surface area contributed by atoms with E-state index in [-0.39, 0.29) is 0 Å². The number of hydrogen-bond donors (Lipinski definition) is 0. The summed E-state index contributed by atoms with van der Waals surface area (Å²) in [5.74, 6) is 1.47. The Kier molecular flexibility index (Phi) is 13.0. The van der Waals surface area contributed by atoms with Crippen LogP contribution in [0.15, 0.2) is 334 Å². The maximum atomic E-state index is 5.72. The number of rotatable bonds is 13. The zero-order chi connectivity index (χ0) is 54.0. The van der Waals surface area contributed by atoms with Crippen molar-refractivity contribution in [1.29, 1.82) is 0 Å². The largest absolute Gasteiger partial charge is 0.294 e. The summed E-state index contributed by atoms with van der Waals surface area (Å²) in [5.41, 5.74) is 9.75. The van der Waals surface area contributed by atoms with E-state index in [2.05, 4.69) is 338 Å². The van der Waals surface area contributed by atoms with E-state index in [4.69, 9.17) is 9.97 Å². The van der Waals surface area contributed by atoms with Crippen molar-refractivity contribution >= 4 is 79.4 Å². The second kappa shape index (κ2) is 21.3. The SMILES string of the molecule is c1ccc(-c2ccc([Si](c3ccccc3)(c3ccccc3)c3cc(-c4cc(-n5c6ccccc6c6ccccc65)nc(-c5ccccc5)n4)cc([Si](c4ccccc4)(c4ccccc4)c4ccc(-c5ccccc5)cc4)c3)cc2)cc1. The molecule has 0 aliphatic carbocycles. The lowest BCUT2D eigenvalue weighted by atomic mass is 10.1. The fraction of sp³-hybridized carbons (Fsp3) is 0. The summed E-state index contributed by atoms with van der Waals surface area (Å²) in [6.45, 7) is 0. The lowest BCUT2D eigenvalue weighted by Gasteiger charge is -2.38. The first-order valence-corrected chi connectivity index (χ1v) is 31.8. The highest BCUT2D eigenvalue weighted by molar-refractivity contribution is 7.22. The van der Waals surface area contributed by atoms with Gasteiger partial charge < -0.3 is 0 Å². The van der Waals surface area contributed by atoms with Crippen LogP contribution in [-0.4, -0.2) is 30.7 Å². The second-order valence-corrected chi connectivity index (χ2v) is 28.4. The smallest absolute Gasteiger partial charge is 0.179 e. The third-order valence-corrected chi connectivity index (χ3v) is 25.8. The van der Waals surface area contributed by atoms with Crippen molar-refractivity contribution in [2.75, 3.05) is 0 Å². The van der Waals surface area contributed by atoms with Crippen LogP contribution < -0.4 is 41.5 Å². The lowest BCUT2D eigenvalue weighted by Crippen LogP contribution is -2.78. The van der Waals surface area contributed by atoms with Gasteiger partial charge in [0, 0.05) is 28.0 Å². The van der Waals surface area contributed by atoms with Gasteiger partial charge in [-0.15, -0.1) is 0 Å². The molecule has 0 bridgehead atoms. The molecule has 0 unspecified atom stereocenters. The van der Waals surface area contributed by atoms with Crippen molar-refractivity contribution in [3.63, 3.8) is 0 Å². The Balaban J connectivity index is 1.14. The number of hydrogen-bond acceptors (Lipinski definition) is 2. The van der Waals surface area contributed by atoms with Crippen LogP contribution in [0.1, 0.15) is 0 Å². The second-order valence-electron chi connectivity index (χ2n) is 20.8. The highest BCUT2D eigenvalue weighted by atomic mass is 28.3. The molecule has 81 heavy (non-hydrogen) atoms. The normalized spacial score (nSPS) is 11.7. The van der Waals surface area contributed by atoms with Gasteiger partial charge in [-0.2, -0.15) is 0 Å². The van der Waals surface area contributed by atoms with Crippen molar-refractivity contribution in [1.82, 2.24) is 14.5 Å². The highest BCUT2D eigenvalue weighted by Crippen LogP contribution is 2.34. The maximum Gasteiger partial charge on any atom is 0.179 e. The Hall–Kier alpha value is -10.0. The van der Waals surface area contributed by atoms with Crippen LogP contribution in [0.5, 0.6) is 0 Å². The first-order valence-electron chi connectivity index (χ1n) is 27.8. The number of nitrogens with zero attached hydrogens (tertiary/aromatic N) is 3. The summed E-state index contributed by atoms with van der Waals surface area (Å²) < 4.78 is 2.33. The summed E-state index contributed by atoms with van der Waals surface area (Å²) in [6.07, 6.45) is 0. The van der Waals surface area contributed by atoms with Gasteiger partial charge in [-0.3, -0.25) is 4.57 Å². The van der Waals surface area contributed by atoms with Crippen LogP contribution in [0, 0.1) is 0 Å². The molecule has 0 aliphatic heterocycles. The quantitative estimate of drug-likeness (QED) is 0.0851. The van der Waals surface area contributed by atoms with Crippen LogP contribution in [0.25, 0.3) is 72.5 Å². The Morgan fingerprint density at radius 1 is 0.222 bits per heavy atom. The minimum Gasteiger partial charge on any atom is -0.294 e. The van der Waals surface area contributed by atoms with Gasteiger partial charge in [0.05, 0.1) is 16.7 Å². The molecule has 0 saturated heterocycles. The van der Waals surface area contributed by atoms with Gasteiger partial charge in [0.1, 0.15) is 5.82 Å². The summed E-state index contributed by atoms with van der Waals surface area (Å²) in [4.78, 5) is 11.3. The van der Waals surface area contributed by atoms with Crippen LogP contribution in [-0.2, 0) is 0 Å². The summed E-state index contributed by atoms with van der Waals surface area (Å²) >= 11 is 0. The van der Waals surface area contributed by atoms with Gasteiger partial charge in [-0.25, -0.2) is 9.97 Å². The van der Waals surface area contributed by atoms with Gasteiger partial charge in [-0.05, 0) is 75.9 Å². The minimum absolute atomic E-state index is 0.661.